The van der Waals surface area contributed by atoms with Crippen LogP contribution in [-0.2, 0) is 4.79 Å². The first-order valence-corrected chi connectivity index (χ1v) is 6.55. The zero-order valence-corrected chi connectivity index (χ0v) is 12.3. The third-order valence-corrected chi connectivity index (χ3v) is 2.73. The number of para-hydroxylation sites is 1. The van der Waals surface area contributed by atoms with Crippen LogP contribution in [0.5, 0.6) is 5.75 Å². The minimum Gasteiger partial charge on any atom is -0.425 e. The fraction of sp³-hybridized carbons (Fsp3) is 0.231. The van der Waals surface area contributed by atoms with Gasteiger partial charge in [-0.15, -0.1) is 0 Å². The molecule has 0 radical (unpaired) electrons. The molecular formula is C13H12N6O4. The van der Waals surface area contributed by atoms with Gasteiger partial charge in [0.1, 0.15) is 5.75 Å². The standard InChI is InChI=1S/C13H12N6O4/c1-3-9(20)22-10-7(2)5-4-6-8(10)11(21)15-13-16-12(17-19-14)18-23-13/h4-6H,3H2,1-2H3,(H,15,16,18,21). The molecular weight excluding hydrogens is 304 g/mol. The van der Waals surface area contributed by atoms with Crippen LogP contribution in [0.15, 0.2) is 27.8 Å². The number of aromatic nitrogens is 2. The van der Waals surface area contributed by atoms with Crippen molar-refractivity contribution >= 4 is 23.8 Å². The van der Waals surface area contributed by atoms with E-state index >= 15 is 0 Å². The number of nitrogens with zero attached hydrogens (tertiary/aromatic N) is 5. The highest BCUT2D eigenvalue weighted by atomic mass is 16.5. The molecule has 1 N–H and O–H groups in total. The summed E-state index contributed by atoms with van der Waals surface area (Å²) in [6.07, 6.45) is 0.175. The molecule has 0 aliphatic heterocycles. The molecule has 2 aromatic rings. The Bertz CT molecular complexity index is 794. The first kappa shape index (κ1) is 16.0. The maximum absolute atomic E-state index is 12.3. The van der Waals surface area contributed by atoms with E-state index in [0.29, 0.717) is 5.56 Å². The second kappa shape index (κ2) is 7.05. The van der Waals surface area contributed by atoms with Crippen LogP contribution in [0.25, 0.3) is 10.4 Å². The van der Waals surface area contributed by atoms with Crippen molar-refractivity contribution in [2.24, 2.45) is 5.11 Å². The fourth-order valence-corrected chi connectivity index (χ4v) is 1.66. The summed E-state index contributed by atoms with van der Waals surface area (Å²) in [6, 6.07) is 4.60. The Morgan fingerprint density at radius 3 is 2.96 bits per heavy atom. The fourth-order valence-electron chi connectivity index (χ4n) is 1.66. The number of anilines is 1. The second-order valence-electron chi connectivity index (χ2n) is 4.32. The number of aryl methyl sites for hydroxylation is 1. The number of benzene rings is 1. The van der Waals surface area contributed by atoms with Crippen LogP contribution in [0.3, 0.4) is 0 Å². The molecule has 0 aliphatic rings. The van der Waals surface area contributed by atoms with Gasteiger partial charge in [-0.1, -0.05) is 24.2 Å². The molecule has 10 heteroatoms. The second-order valence-corrected chi connectivity index (χ2v) is 4.32. The Labute approximate surface area is 130 Å². The summed E-state index contributed by atoms with van der Waals surface area (Å²) in [4.78, 5) is 29.9. The molecule has 0 atom stereocenters. The van der Waals surface area contributed by atoms with Crippen molar-refractivity contribution in [3.63, 3.8) is 0 Å². The predicted molar refractivity (Wildman–Crippen MR) is 78.2 cm³/mol. The van der Waals surface area contributed by atoms with Gasteiger partial charge in [0.05, 0.1) is 5.56 Å². The molecule has 23 heavy (non-hydrogen) atoms. The van der Waals surface area contributed by atoms with Crippen LogP contribution < -0.4 is 10.1 Å². The molecule has 0 fully saturated rings. The summed E-state index contributed by atoms with van der Waals surface area (Å²) in [6.45, 7) is 3.36. The van der Waals surface area contributed by atoms with E-state index in [9.17, 15) is 9.59 Å². The molecule has 118 valence electrons. The largest absolute Gasteiger partial charge is 0.425 e. The van der Waals surface area contributed by atoms with Crippen molar-refractivity contribution in [1.29, 1.82) is 0 Å². The zero-order chi connectivity index (χ0) is 16.8. The number of hydrogen-bond donors (Lipinski definition) is 1. The summed E-state index contributed by atoms with van der Waals surface area (Å²) in [7, 11) is 0. The molecule has 0 spiro atoms. The van der Waals surface area contributed by atoms with E-state index in [0.717, 1.165) is 0 Å². The number of amides is 1. The van der Waals surface area contributed by atoms with Crippen LogP contribution in [0.2, 0.25) is 0 Å². The Morgan fingerprint density at radius 2 is 2.26 bits per heavy atom. The van der Waals surface area contributed by atoms with Crippen LogP contribution in [-0.4, -0.2) is 22.0 Å². The molecule has 0 unspecified atom stereocenters. The Morgan fingerprint density at radius 1 is 1.48 bits per heavy atom. The molecule has 0 bridgehead atoms. The van der Waals surface area contributed by atoms with Gasteiger partial charge in [0.2, 0.25) is 0 Å². The number of nitrogens with one attached hydrogen (secondary N) is 1. The van der Waals surface area contributed by atoms with Crippen LogP contribution in [0.4, 0.5) is 12.0 Å². The summed E-state index contributed by atoms with van der Waals surface area (Å²) >= 11 is 0. The molecule has 1 aromatic carbocycles. The van der Waals surface area contributed by atoms with E-state index in [1.165, 1.54) is 6.07 Å². The smallest absolute Gasteiger partial charge is 0.328 e. The lowest BCUT2D eigenvalue weighted by molar-refractivity contribution is -0.134. The number of hydrogen-bond acceptors (Lipinski definition) is 7. The number of carbonyl (C=O) groups excluding carboxylic acids is 2. The zero-order valence-electron chi connectivity index (χ0n) is 12.3. The molecule has 0 saturated carbocycles. The van der Waals surface area contributed by atoms with Crippen LogP contribution in [0.1, 0.15) is 29.3 Å². The van der Waals surface area contributed by atoms with Crippen molar-refractivity contribution in [2.75, 3.05) is 5.32 Å². The maximum Gasteiger partial charge on any atom is 0.328 e. The van der Waals surface area contributed by atoms with Gasteiger partial charge >= 0.3 is 12.0 Å². The number of esters is 1. The lowest BCUT2D eigenvalue weighted by atomic mass is 10.1. The number of rotatable bonds is 5. The molecule has 1 aromatic heterocycles. The van der Waals surface area contributed by atoms with Gasteiger partial charge in [0.25, 0.3) is 11.9 Å². The van der Waals surface area contributed by atoms with Gasteiger partial charge in [-0.2, -0.15) is 4.98 Å². The first-order chi connectivity index (χ1) is 11.0. The van der Waals surface area contributed by atoms with E-state index in [1.807, 2.05) is 0 Å². The first-order valence-electron chi connectivity index (χ1n) is 6.55. The Hall–Kier alpha value is -3.39. The van der Waals surface area contributed by atoms with Crippen molar-refractivity contribution in [3.05, 3.63) is 39.8 Å². The average Bonchev–Trinajstić information content (AvgIpc) is 2.96. The van der Waals surface area contributed by atoms with Crippen molar-refractivity contribution in [2.45, 2.75) is 20.3 Å². The summed E-state index contributed by atoms with van der Waals surface area (Å²) < 4.78 is 9.91. The van der Waals surface area contributed by atoms with Crippen LogP contribution in [0, 0.1) is 6.92 Å². The van der Waals surface area contributed by atoms with Gasteiger partial charge in [0.15, 0.2) is 0 Å². The number of azide groups is 1. The highest BCUT2D eigenvalue weighted by molar-refractivity contribution is 6.05. The van der Waals surface area contributed by atoms with Gasteiger partial charge in [-0.05, 0) is 29.2 Å². The lowest BCUT2D eigenvalue weighted by Crippen LogP contribution is -2.16. The van der Waals surface area contributed by atoms with Gasteiger partial charge in [0, 0.05) is 11.3 Å². The highest BCUT2D eigenvalue weighted by Crippen LogP contribution is 2.25. The Kier molecular flexibility index (Phi) is 4.90. The minimum atomic E-state index is -0.608. The van der Waals surface area contributed by atoms with E-state index in [-0.39, 0.29) is 29.7 Å². The normalized spacial score (nSPS) is 9.83. The van der Waals surface area contributed by atoms with Gasteiger partial charge in [-0.3, -0.25) is 14.9 Å². The van der Waals surface area contributed by atoms with Gasteiger partial charge in [-0.25, -0.2) is 0 Å². The lowest BCUT2D eigenvalue weighted by Gasteiger charge is -2.11. The predicted octanol–water partition coefficient (Wildman–Crippen LogP) is 2.89. The third-order valence-electron chi connectivity index (χ3n) is 2.73. The quantitative estimate of drug-likeness (QED) is 0.295. The van der Waals surface area contributed by atoms with E-state index in [1.54, 1.807) is 26.0 Å². The Balaban J connectivity index is 2.25. The number of carbonyl (C=O) groups is 2. The summed E-state index contributed by atoms with van der Waals surface area (Å²) in [5, 5.41) is 8.82. The molecule has 0 saturated heterocycles. The molecule has 10 nitrogen and oxygen atoms in total. The van der Waals surface area contributed by atoms with Crippen molar-refractivity contribution in [3.8, 4) is 5.75 Å². The molecule has 2 rings (SSSR count). The molecule has 0 aliphatic carbocycles. The monoisotopic (exact) mass is 316 g/mol. The summed E-state index contributed by atoms with van der Waals surface area (Å²) in [5.41, 5.74) is 9.02. The average molecular weight is 316 g/mol. The number of ether oxygens (including phenoxy) is 1. The molecule has 1 amide bonds. The third kappa shape index (κ3) is 3.83. The maximum atomic E-state index is 12.3. The highest BCUT2D eigenvalue weighted by Gasteiger charge is 2.19. The van der Waals surface area contributed by atoms with Crippen LogP contribution >= 0.6 is 0 Å². The van der Waals surface area contributed by atoms with E-state index < -0.39 is 11.9 Å². The van der Waals surface area contributed by atoms with Gasteiger partial charge < -0.3 is 9.26 Å². The topological polar surface area (TPSA) is 143 Å². The SMILES string of the molecule is CCC(=O)Oc1c(C)cccc1C(=O)Nc1nc(N=[N+]=[N-])no1. The summed E-state index contributed by atoms with van der Waals surface area (Å²) in [5.74, 6) is -1.17. The van der Waals surface area contributed by atoms with E-state index in [4.69, 9.17) is 14.8 Å². The van der Waals surface area contributed by atoms with E-state index in [2.05, 4.69) is 25.5 Å². The van der Waals surface area contributed by atoms with Crippen molar-refractivity contribution in [1.82, 2.24) is 10.1 Å². The molecule has 1 heterocycles. The minimum absolute atomic E-state index is 0.135. The van der Waals surface area contributed by atoms with Crippen molar-refractivity contribution < 1.29 is 18.8 Å².